The van der Waals surface area contributed by atoms with Crippen LogP contribution >= 0.6 is 23.2 Å². The van der Waals surface area contributed by atoms with Gasteiger partial charge in [0.15, 0.2) is 0 Å². The van der Waals surface area contributed by atoms with Crippen LogP contribution in [0.15, 0.2) is 18.2 Å². The number of halogens is 2. The Hall–Kier alpha value is -0.400. The van der Waals surface area contributed by atoms with Crippen molar-refractivity contribution in [3.05, 3.63) is 28.8 Å². The van der Waals surface area contributed by atoms with Crippen LogP contribution in [-0.2, 0) is 6.42 Å². The minimum atomic E-state index is -0.274. The summed E-state index contributed by atoms with van der Waals surface area (Å²) in [6, 6.07) is 6.02. The lowest BCUT2D eigenvalue weighted by atomic mass is 10.0. The normalized spacial score (nSPS) is 23.6. The number of rotatable bonds is 3. The third kappa shape index (κ3) is 1.91. The molecule has 0 aromatic heterocycles. The van der Waals surface area contributed by atoms with Crippen molar-refractivity contribution in [3.8, 4) is 0 Å². The van der Waals surface area contributed by atoms with Gasteiger partial charge in [-0.05, 0) is 24.1 Å². The number of hydrogen-bond acceptors (Lipinski definition) is 1. The lowest BCUT2D eigenvalue weighted by Crippen LogP contribution is -2.38. The summed E-state index contributed by atoms with van der Waals surface area (Å²) in [5, 5.41) is 0.836. The van der Waals surface area contributed by atoms with Crippen molar-refractivity contribution in [2.75, 3.05) is 11.9 Å². The van der Waals surface area contributed by atoms with Crippen molar-refractivity contribution in [2.24, 2.45) is 0 Å². The number of anilines is 1. The summed E-state index contributed by atoms with van der Waals surface area (Å²) in [7, 11) is 2.06. The lowest BCUT2D eigenvalue weighted by molar-refractivity contribution is 0.517. The molecule has 1 heterocycles. The molecule has 0 fully saturated rings. The van der Waals surface area contributed by atoms with Gasteiger partial charge >= 0.3 is 0 Å². The molecule has 0 amide bonds. The summed E-state index contributed by atoms with van der Waals surface area (Å²) < 4.78 is 0. The molecule has 0 saturated heterocycles. The molecule has 1 unspecified atom stereocenters. The number of hydrogen-bond donors (Lipinski definition) is 0. The first-order valence-electron chi connectivity index (χ1n) is 5.78. The fourth-order valence-corrected chi connectivity index (χ4v) is 2.94. The standard InChI is InChI=1S/C13H17Cl2N/c1-3-4-8-13(15)9-10-11(14)6-5-7-12(10)16(13)2/h5-7H,3-4,8-9H2,1-2H3. The Bertz CT molecular complexity index is 392. The van der Waals surface area contributed by atoms with Gasteiger partial charge in [0.25, 0.3) is 0 Å². The van der Waals surface area contributed by atoms with Crippen LogP contribution in [0.25, 0.3) is 0 Å². The zero-order valence-electron chi connectivity index (χ0n) is 9.76. The van der Waals surface area contributed by atoms with Gasteiger partial charge < -0.3 is 4.90 Å². The lowest BCUT2D eigenvalue weighted by Gasteiger charge is -2.31. The number of benzene rings is 1. The van der Waals surface area contributed by atoms with E-state index in [0.717, 1.165) is 24.3 Å². The Morgan fingerprint density at radius 3 is 2.81 bits per heavy atom. The van der Waals surface area contributed by atoms with Gasteiger partial charge in [-0.3, -0.25) is 0 Å². The maximum atomic E-state index is 6.70. The third-order valence-electron chi connectivity index (χ3n) is 3.42. The zero-order valence-corrected chi connectivity index (χ0v) is 11.3. The van der Waals surface area contributed by atoms with Crippen LogP contribution in [0.3, 0.4) is 0 Å². The van der Waals surface area contributed by atoms with Gasteiger partial charge in [-0.15, -0.1) is 0 Å². The van der Waals surface area contributed by atoms with E-state index in [4.69, 9.17) is 23.2 Å². The largest absolute Gasteiger partial charge is 0.355 e. The number of unbranched alkanes of at least 4 members (excludes halogenated alkanes) is 1. The van der Waals surface area contributed by atoms with Crippen LogP contribution in [-0.4, -0.2) is 12.0 Å². The Morgan fingerprint density at radius 2 is 2.19 bits per heavy atom. The molecule has 0 saturated carbocycles. The molecular weight excluding hydrogens is 241 g/mol. The predicted octanol–water partition coefficient (Wildman–Crippen LogP) is 4.46. The van der Waals surface area contributed by atoms with Crippen molar-refractivity contribution < 1.29 is 0 Å². The van der Waals surface area contributed by atoms with Gasteiger partial charge in [0.2, 0.25) is 0 Å². The Balaban J connectivity index is 2.29. The first-order valence-corrected chi connectivity index (χ1v) is 6.54. The molecule has 1 aliphatic rings. The van der Waals surface area contributed by atoms with E-state index in [9.17, 15) is 0 Å². The van der Waals surface area contributed by atoms with Crippen LogP contribution in [0.2, 0.25) is 5.02 Å². The monoisotopic (exact) mass is 257 g/mol. The predicted molar refractivity (Wildman–Crippen MR) is 71.7 cm³/mol. The molecule has 0 aliphatic carbocycles. The number of nitrogens with zero attached hydrogens (tertiary/aromatic N) is 1. The molecule has 1 atom stereocenters. The molecule has 1 aromatic carbocycles. The molecule has 1 aliphatic heterocycles. The van der Waals surface area contributed by atoms with E-state index in [-0.39, 0.29) is 5.00 Å². The average Bonchev–Trinajstić information content (AvgIpc) is 2.52. The van der Waals surface area contributed by atoms with Crippen molar-refractivity contribution in [3.63, 3.8) is 0 Å². The van der Waals surface area contributed by atoms with Gasteiger partial charge in [0.05, 0.1) is 0 Å². The fraction of sp³-hybridized carbons (Fsp3) is 0.538. The summed E-state index contributed by atoms with van der Waals surface area (Å²) >= 11 is 12.9. The molecule has 0 bridgehead atoms. The number of likely N-dealkylation sites (N-methyl/N-ethyl adjacent to an activating group) is 1. The first kappa shape index (κ1) is 12.1. The number of alkyl halides is 1. The van der Waals surface area contributed by atoms with E-state index in [1.807, 2.05) is 12.1 Å². The summed E-state index contributed by atoms with van der Waals surface area (Å²) in [6.45, 7) is 2.19. The van der Waals surface area contributed by atoms with E-state index >= 15 is 0 Å². The molecule has 0 N–H and O–H groups in total. The Labute approximate surface area is 107 Å². The minimum absolute atomic E-state index is 0.274. The van der Waals surface area contributed by atoms with Crippen molar-refractivity contribution >= 4 is 28.9 Å². The first-order chi connectivity index (χ1) is 7.58. The topological polar surface area (TPSA) is 3.24 Å². The van der Waals surface area contributed by atoms with Crippen molar-refractivity contribution in [1.29, 1.82) is 0 Å². The molecule has 0 spiro atoms. The van der Waals surface area contributed by atoms with Gasteiger partial charge in [-0.1, -0.05) is 49.0 Å². The van der Waals surface area contributed by atoms with Crippen LogP contribution in [0.5, 0.6) is 0 Å². The van der Waals surface area contributed by atoms with E-state index in [0.29, 0.717) is 0 Å². The number of fused-ring (bicyclic) bond motifs is 1. The Morgan fingerprint density at radius 1 is 1.44 bits per heavy atom. The molecule has 16 heavy (non-hydrogen) atoms. The molecule has 0 radical (unpaired) electrons. The highest BCUT2D eigenvalue weighted by Gasteiger charge is 2.40. The van der Waals surface area contributed by atoms with E-state index in [1.54, 1.807) is 0 Å². The summed E-state index contributed by atoms with van der Waals surface area (Å²) in [5.41, 5.74) is 2.37. The molecular formula is C13H17Cl2N. The highest BCUT2D eigenvalue weighted by Crippen LogP contribution is 2.45. The molecule has 1 nitrogen and oxygen atoms in total. The van der Waals surface area contributed by atoms with Gasteiger partial charge in [0.1, 0.15) is 5.00 Å². The van der Waals surface area contributed by atoms with Crippen LogP contribution in [0.1, 0.15) is 31.7 Å². The van der Waals surface area contributed by atoms with Gasteiger partial charge in [-0.2, -0.15) is 0 Å². The van der Waals surface area contributed by atoms with E-state index in [1.165, 1.54) is 17.7 Å². The van der Waals surface area contributed by atoms with E-state index < -0.39 is 0 Å². The highest BCUT2D eigenvalue weighted by atomic mass is 35.5. The summed E-state index contributed by atoms with van der Waals surface area (Å²) in [4.78, 5) is 1.90. The molecule has 88 valence electrons. The SMILES string of the molecule is CCCCC1(Cl)Cc2c(Cl)cccc2N1C. The fourth-order valence-electron chi connectivity index (χ4n) is 2.35. The minimum Gasteiger partial charge on any atom is -0.355 e. The summed E-state index contributed by atoms with van der Waals surface area (Å²) in [6.07, 6.45) is 4.18. The second kappa shape index (κ2) is 4.46. The summed E-state index contributed by atoms with van der Waals surface area (Å²) in [5.74, 6) is 0. The second-order valence-corrected chi connectivity index (χ2v) is 5.61. The zero-order chi connectivity index (χ0) is 11.8. The van der Waals surface area contributed by atoms with E-state index in [2.05, 4.69) is 24.9 Å². The van der Waals surface area contributed by atoms with Gasteiger partial charge in [-0.25, -0.2) is 0 Å². The quantitative estimate of drug-likeness (QED) is 0.571. The van der Waals surface area contributed by atoms with Crippen molar-refractivity contribution in [2.45, 2.75) is 37.6 Å². The molecule has 3 heteroatoms. The van der Waals surface area contributed by atoms with Crippen molar-refractivity contribution in [1.82, 2.24) is 0 Å². The van der Waals surface area contributed by atoms with Gasteiger partial charge in [0, 0.05) is 24.2 Å². The van der Waals surface area contributed by atoms with Crippen LogP contribution in [0.4, 0.5) is 5.69 Å². The second-order valence-electron chi connectivity index (χ2n) is 4.49. The van der Waals surface area contributed by atoms with Crippen LogP contribution in [0, 0.1) is 0 Å². The maximum Gasteiger partial charge on any atom is 0.119 e. The molecule has 2 rings (SSSR count). The molecule has 1 aromatic rings. The highest BCUT2D eigenvalue weighted by molar-refractivity contribution is 6.32. The third-order valence-corrected chi connectivity index (χ3v) is 4.35. The van der Waals surface area contributed by atoms with Crippen LogP contribution < -0.4 is 4.90 Å². The maximum absolute atomic E-state index is 6.70. The Kier molecular flexibility index (Phi) is 3.37. The average molecular weight is 258 g/mol. The smallest absolute Gasteiger partial charge is 0.119 e.